The van der Waals surface area contributed by atoms with E-state index in [1.54, 1.807) is 23.7 Å². The van der Waals surface area contributed by atoms with Crippen LogP contribution in [0.2, 0.25) is 0 Å². The Morgan fingerprint density at radius 1 is 1.31 bits per heavy atom. The number of rotatable bonds is 4. The lowest BCUT2D eigenvalue weighted by molar-refractivity contribution is -0.127. The predicted molar refractivity (Wildman–Crippen MR) is 127 cm³/mol. The molecule has 0 aromatic carbocycles. The Balaban J connectivity index is 1.42. The van der Waals surface area contributed by atoms with Crippen LogP contribution in [0, 0.1) is 24.1 Å². The van der Waals surface area contributed by atoms with Crippen LogP contribution in [0.3, 0.4) is 0 Å². The van der Waals surface area contributed by atoms with E-state index in [4.69, 9.17) is 5.10 Å². The summed E-state index contributed by atoms with van der Waals surface area (Å²) in [5.74, 6) is -0.354. The lowest BCUT2D eigenvalue weighted by atomic mass is 10.1. The molecule has 0 spiro atoms. The maximum absolute atomic E-state index is 14.4. The van der Waals surface area contributed by atoms with Gasteiger partial charge in [0, 0.05) is 53.3 Å². The molecule has 1 saturated carbocycles. The van der Waals surface area contributed by atoms with E-state index >= 15 is 0 Å². The minimum absolute atomic E-state index is 0.0694. The standard InChI is InChI=1S/C25H20FN7OS/c1-14-20(11-30-33(14)22-8-19-6-17(22)12-31(19)15(2)34)16-7-23(35-25-21(26)4-3-5-28-25)24-18(9-27)10-29-32(24)13-16/h3-5,7,10-13,19,22H,6,8H2,1-2H3. The topological polar surface area (TPSA) is 92.1 Å². The number of halogens is 1. The Kier molecular flexibility index (Phi) is 4.96. The molecule has 0 radical (unpaired) electrons. The maximum Gasteiger partial charge on any atom is 0.223 e. The highest BCUT2D eigenvalue weighted by Crippen LogP contribution is 2.45. The zero-order valence-corrected chi connectivity index (χ0v) is 19.8. The van der Waals surface area contributed by atoms with Crippen molar-refractivity contribution in [2.45, 2.75) is 48.7 Å². The van der Waals surface area contributed by atoms with Crippen LogP contribution in [0.15, 0.2) is 64.7 Å². The van der Waals surface area contributed by atoms with E-state index in [0.29, 0.717) is 16.0 Å². The summed E-state index contributed by atoms with van der Waals surface area (Å²) in [6.07, 6.45) is 10.4. The summed E-state index contributed by atoms with van der Waals surface area (Å²) in [6.45, 7) is 3.62. The molecule has 174 valence electrons. The number of hydrogen-bond donors (Lipinski definition) is 0. The van der Waals surface area contributed by atoms with Gasteiger partial charge in [-0.15, -0.1) is 0 Å². The molecule has 35 heavy (non-hydrogen) atoms. The highest BCUT2D eigenvalue weighted by atomic mass is 32.2. The van der Waals surface area contributed by atoms with Gasteiger partial charge >= 0.3 is 0 Å². The number of nitriles is 1. The molecule has 2 unspecified atom stereocenters. The summed E-state index contributed by atoms with van der Waals surface area (Å²) in [7, 11) is 0. The van der Waals surface area contributed by atoms with E-state index in [0.717, 1.165) is 29.7 Å². The van der Waals surface area contributed by atoms with Crippen molar-refractivity contribution < 1.29 is 9.18 Å². The fraction of sp³-hybridized carbons (Fsp3) is 0.240. The van der Waals surface area contributed by atoms with Gasteiger partial charge in [0.15, 0.2) is 5.82 Å². The molecule has 2 bridgehead atoms. The van der Waals surface area contributed by atoms with Crippen molar-refractivity contribution in [2.24, 2.45) is 0 Å². The maximum atomic E-state index is 14.4. The third-order valence-corrected chi connectivity index (χ3v) is 7.76. The highest BCUT2D eigenvalue weighted by Gasteiger charge is 2.41. The van der Waals surface area contributed by atoms with Crippen molar-refractivity contribution in [1.82, 2.24) is 29.3 Å². The summed E-state index contributed by atoms with van der Waals surface area (Å²) >= 11 is 1.17. The number of carbonyl (C=O) groups is 1. The van der Waals surface area contributed by atoms with E-state index < -0.39 is 5.82 Å². The summed E-state index contributed by atoms with van der Waals surface area (Å²) in [5.41, 5.74) is 5.01. The van der Waals surface area contributed by atoms with Crippen LogP contribution in [0.4, 0.5) is 4.39 Å². The van der Waals surface area contributed by atoms with Crippen molar-refractivity contribution in [3.05, 3.63) is 71.8 Å². The first-order chi connectivity index (χ1) is 16.9. The van der Waals surface area contributed by atoms with E-state index in [1.807, 2.05) is 41.2 Å². The van der Waals surface area contributed by atoms with E-state index in [1.165, 1.54) is 29.6 Å². The zero-order chi connectivity index (χ0) is 24.3. The van der Waals surface area contributed by atoms with Gasteiger partial charge in [0.25, 0.3) is 0 Å². The van der Waals surface area contributed by atoms with Crippen molar-refractivity contribution >= 4 is 23.2 Å². The summed E-state index contributed by atoms with van der Waals surface area (Å²) in [6, 6.07) is 7.33. The van der Waals surface area contributed by atoms with Crippen LogP contribution in [-0.2, 0) is 4.79 Å². The third kappa shape index (κ3) is 3.42. The molecule has 0 N–H and O–H groups in total. The Bertz CT molecular complexity index is 1580. The van der Waals surface area contributed by atoms with Crippen LogP contribution in [0.1, 0.15) is 37.1 Å². The molecule has 4 aromatic heterocycles. The molecular weight excluding hydrogens is 465 g/mol. The van der Waals surface area contributed by atoms with Crippen molar-refractivity contribution in [1.29, 1.82) is 5.26 Å². The monoisotopic (exact) mass is 485 g/mol. The number of hydrogen-bond acceptors (Lipinski definition) is 6. The van der Waals surface area contributed by atoms with Crippen LogP contribution in [-0.4, -0.2) is 41.2 Å². The predicted octanol–water partition coefficient (Wildman–Crippen LogP) is 4.51. The molecule has 4 aromatic rings. The van der Waals surface area contributed by atoms with Crippen LogP contribution in [0.5, 0.6) is 0 Å². The van der Waals surface area contributed by atoms with Crippen molar-refractivity contribution in [2.75, 3.05) is 0 Å². The lowest BCUT2D eigenvalue weighted by Gasteiger charge is -2.26. The van der Waals surface area contributed by atoms with Gasteiger partial charge in [0.2, 0.25) is 5.91 Å². The van der Waals surface area contributed by atoms with E-state index in [9.17, 15) is 14.4 Å². The Labute approximate surface area is 204 Å². The number of carbonyl (C=O) groups excluding carboxylic acids is 1. The molecule has 1 aliphatic heterocycles. The zero-order valence-electron chi connectivity index (χ0n) is 19.0. The average Bonchev–Trinajstić information content (AvgIpc) is 3.62. The summed E-state index contributed by atoms with van der Waals surface area (Å²) < 4.78 is 18.1. The van der Waals surface area contributed by atoms with Crippen LogP contribution in [0.25, 0.3) is 16.6 Å². The molecule has 2 aliphatic rings. The minimum atomic E-state index is -0.424. The lowest BCUT2D eigenvalue weighted by Crippen LogP contribution is -2.32. The minimum Gasteiger partial charge on any atom is -0.316 e. The quantitative estimate of drug-likeness (QED) is 0.422. The first-order valence-electron chi connectivity index (χ1n) is 11.2. The normalized spacial score (nSPS) is 18.8. The second-order valence-electron chi connectivity index (χ2n) is 8.78. The number of aromatic nitrogens is 5. The number of amides is 1. The Hall–Kier alpha value is -3.97. The SMILES string of the molecule is CC(=O)N1C=C2CC1CC2n1ncc(-c2cc(Sc3ncccc3F)c3c(C#N)cnn3c2)c1C. The molecule has 1 amide bonds. The van der Waals surface area contributed by atoms with Crippen molar-refractivity contribution in [3.8, 4) is 17.2 Å². The molecule has 0 saturated heterocycles. The van der Waals surface area contributed by atoms with Gasteiger partial charge in [-0.2, -0.15) is 15.5 Å². The fourth-order valence-electron chi connectivity index (χ4n) is 5.10. The smallest absolute Gasteiger partial charge is 0.223 e. The fourth-order valence-corrected chi connectivity index (χ4v) is 6.08. The van der Waals surface area contributed by atoms with Gasteiger partial charge in [-0.25, -0.2) is 13.9 Å². The van der Waals surface area contributed by atoms with Gasteiger partial charge in [-0.1, -0.05) is 11.8 Å². The van der Waals surface area contributed by atoms with Crippen molar-refractivity contribution in [3.63, 3.8) is 0 Å². The van der Waals surface area contributed by atoms with Crippen LogP contribution < -0.4 is 0 Å². The first kappa shape index (κ1) is 21.6. The number of nitrogens with zero attached hydrogens (tertiary/aromatic N) is 7. The second kappa shape index (κ2) is 8.06. The van der Waals surface area contributed by atoms with Gasteiger partial charge in [-0.3, -0.25) is 9.48 Å². The van der Waals surface area contributed by atoms with Crippen LogP contribution >= 0.6 is 11.8 Å². The number of pyridine rings is 2. The largest absolute Gasteiger partial charge is 0.316 e. The summed E-state index contributed by atoms with van der Waals surface area (Å²) in [4.78, 5) is 18.5. The third-order valence-electron chi connectivity index (χ3n) is 6.74. The van der Waals surface area contributed by atoms with Gasteiger partial charge in [0.05, 0.1) is 29.5 Å². The van der Waals surface area contributed by atoms with Gasteiger partial charge in [0.1, 0.15) is 11.1 Å². The molecule has 8 nitrogen and oxygen atoms in total. The summed E-state index contributed by atoms with van der Waals surface area (Å²) in [5, 5.41) is 18.9. The molecule has 1 fully saturated rings. The average molecular weight is 486 g/mol. The van der Waals surface area contributed by atoms with Gasteiger partial charge < -0.3 is 4.90 Å². The number of fused-ring (bicyclic) bond motifs is 3. The molecule has 1 aliphatic carbocycles. The Morgan fingerprint density at radius 3 is 2.89 bits per heavy atom. The van der Waals surface area contributed by atoms with E-state index in [-0.39, 0.29) is 23.0 Å². The molecule has 6 rings (SSSR count). The van der Waals surface area contributed by atoms with E-state index in [2.05, 4.69) is 16.2 Å². The molecule has 2 atom stereocenters. The molecule has 10 heteroatoms. The second-order valence-corrected chi connectivity index (χ2v) is 9.81. The first-order valence-corrected chi connectivity index (χ1v) is 12.0. The molecular formula is C25H20FN7OS. The van der Waals surface area contributed by atoms with Gasteiger partial charge in [-0.05, 0) is 43.5 Å². The highest BCUT2D eigenvalue weighted by molar-refractivity contribution is 7.99. The molecule has 5 heterocycles. The Morgan fingerprint density at radius 2 is 2.17 bits per heavy atom.